The van der Waals surface area contributed by atoms with E-state index >= 15 is 0 Å². The number of allylic oxidation sites excluding steroid dienone is 4. The lowest BCUT2D eigenvalue weighted by atomic mass is 9.56. The van der Waals surface area contributed by atoms with Gasteiger partial charge in [0.25, 0.3) is 0 Å². The molecule has 1 saturated carbocycles. The molecule has 0 amide bonds. The number of hydrogen-bond donors (Lipinski definition) is 0. The molecule has 2 aliphatic rings. The van der Waals surface area contributed by atoms with Crippen molar-refractivity contribution in [3.8, 4) is 0 Å². The maximum Gasteiger partial charge on any atom is 0.106 e. The van der Waals surface area contributed by atoms with E-state index in [2.05, 4.69) is 46.8 Å². The van der Waals surface area contributed by atoms with E-state index in [0.29, 0.717) is 5.41 Å². The Hall–Kier alpha value is -0.650. The van der Waals surface area contributed by atoms with E-state index in [1.807, 2.05) is 0 Å². The fourth-order valence-electron chi connectivity index (χ4n) is 4.37. The van der Waals surface area contributed by atoms with E-state index < -0.39 is 0 Å². The van der Waals surface area contributed by atoms with Crippen LogP contribution in [0.4, 0.5) is 0 Å². The number of fused-ring (bicyclic) bond motifs is 2. The Kier molecular flexibility index (Phi) is 5.04. The summed E-state index contributed by atoms with van der Waals surface area (Å²) >= 11 is 0. The lowest BCUT2D eigenvalue weighted by Crippen LogP contribution is -2.39. The third-order valence-corrected chi connectivity index (χ3v) is 6.04. The van der Waals surface area contributed by atoms with Crippen LogP contribution in [0.2, 0.25) is 0 Å². The molecule has 0 saturated heterocycles. The summed E-state index contributed by atoms with van der Waals surface area (Å²) in [6.07, 6.45) is 14.2. The first kappa shape index (κ1) is 15.7. The Morgan fingerprint density at radius 3 is 2.50 bits per heavy atom. The molecule has 0 heteroatoms. The van der Waals surface area contributed by atoms with Crippen LogP contribution in [0.1, 0.15) is 79.6 Å². The Balaban J connectivity index is 2.24. The zero-order valence-electron chi connectivity index (χ0n) is 14.3. The molecule has 112 valence electrons. The summed E-state index contributed by atoms with van der Waals surface area (Å²) in [5.41, 5.74) is 3.66. The van der Waals surface area contributed by atoms with E-state index in [4.69, 9.17) is 0 Å². The molecule has 0 nitrogen and oxygen atoms in total. The van der Waals surface area contributed by atoms with E-state index in [9.17, 15) is 0 Å². The van der Waals surface area contributed by atoms with Crippen LogP contribution >= 0.6 is 0 Å². The van der Waals surface area contributed by atoms with E-state index in [1.165, 1.54) is 44.9 Å². The molecule has 2 atom stereocenters. The first-order valence-electron chi connectivity index (χ1n) is 8.55. The fourth-order valence-corrected chi connectivity index (χ4v) is 4.37. The average molecular weight is 273 g/mol. The molecule has 20 heavy (non-hydrogen) atoms. The van der Waals surface area contributed by atoms with E-state index in [1.54, 1.807) is 17.1 Å². The third-order valence-electron chi connectivity index (χ3n) is 6.04. The highest BCUT2D eigenvalue weighted by Gasteiger charge is 2.49. The Morgan fingerprint density at radius 1 is 1.05 bits per heavy atom. The van der Waals surface area contributed by atoms with Gasteiger partial charge in [0, 0.05) is 5.41 Å². The maximum absolute atomic E-state index is 2.54. The van der Waals surface area contributed by atoms with Gasteiger partial charge in [0.1, 0.15) is 5.92 Å². The summed E-state index contributed by atoms with van der Waals surface area (Å²) in [5, 5.41) is 0. The smallest absolute Gasteiger partial charge is 0.0853 e. The summed E-state index contributed by atoms with van der Waals surface area (Å²) in [7, 11) is 0. The first-order chi connectivity index (χ1) is 9.41. The summed E-state index contributed by atoms with van der Waals surface area (Å²) in [4.78, 5) is 0. The first-order valence-corrected chi connectivity index (χ1v) is 8.55. The largest absolute Gasteiger partial charge is 0.106 e. The second-order valence-electron chi connectivity index (χ2n) is 7.87. The van der Waals surface area contributed by atoms with Crippen molar-refractivity contribution in [3.05, 3.63) is 29.2 Å². The van der Waals surface area contributed by atoms with E-state index in [0.717, 1.165) is 11.8 Å². The van der Waals surface area contributed by atoms with Crippen LogP contribution in [0.15, 0.2) is 23.3 Å². The quantitative estimate of drug-likeness (QED) is 0.349. The Labute approximate surface area is 126 Å². The Morgan fingerprint density at radius 2 is 1.75 bits per heavy atom. The second-order valence-corrected chi connectivity index (χ2v) is 7.87. The van der Waals surface area contributed by atoms with Crippen molar-refractivity contribution in [3.63, 3.8) is 0 Å². The van der Waals surface area contributed by atoms with Crippen molar-refractivity contribution in [1.29, 1.82) is 0 Å². The lowest BCUT2D eigenvalue weighted by molar-refractivity contribution is 0.0739. The Bertz CT molecular complexity index is 383. The van der Waals surface area contributed by atoms with Crippen LogP contribution < -0.4 is 0 Å². The van der Waals surface area contributed by atoms with Gasteiger partial charge in [-0.25, -0.2) is 0 Å². The zero-order chi connectivity index (χ0) is 14.8. The van der Waals surface area contributed by atoms with Gasteiger partial charge in [0.05, 0.1) is 19.3 Å². The van der Waals surface area contributed by atoms with Crippen molar-refractivity contribution in [1.82, 2.24) is 0 Å². The molecule has 0 unspecified atom stereocenters. The second kappa shape index (κ2) is 6.41. The van der Waals surface area contributed by atoms with Crippen LogP contribution in [0, 0.1) is 23.2 Å². The predicted octanol–water partition coefficient (Wildman–Crippen LogP) is 6.49. The van der Waals surface area contributed by atoms with Crippen molar-refractivity contribution in [2.24, 2.45) is 17.3 Å². The highest BCUT2D eigenvalue weighted by molar-refractivity contribution is 5.11. The lowest BCUT2D eigenvalue weighted by Gasteiger charge is -2.43. The molecule has 2 bridgehead atoms. The molecule has 0 aromatic rings. The predicted molar refractivity (Wildman–Crippen MR) is 89.5 cm³/mol. The minimum atomic E-state index is 0.471. The van der Waals surface area contributed by atoms with Crippen LogP contribution in [0.5, 0.6) is 0 Å². The van der Waals surface area contributed by atoms with Crippen LogP contribution in [0.25, 0.3) is 0 Å². The molecule has 0 aliphatic heterocycles. The molecule has 0 spiro atoms. The van der Waals surface area contributed by atoms with Crippen LogP contribution in [-0.4, -0.2) is 0 Å². The van der Waals surface area contributed by atoms with Crippen LogP contribution in [-0.2, 0) is 0 Å². The minimum absolute atomic E-state index is 0.471. The fraction of sp³-hybridized carbons (Fsp3) is 0.750. The molecule has 2 aliphatic carbocycles. The molecule has 0 N–H and O–H groups in total. The summed E-state index contributed by atoms with van der Waals surface area (Å²) in [6, 6.07) is 0. The van der Waals surface area contributed by atoms with Gasteiger partial charge in [-0.2, -0.15) is 0 Å². The molecular weight excluding hydrogens is 240 g/mol. The van der Waals surface area contributed by atoms with Gasteiger partial charge in [-0.1, -0.05) is 37.1 Å². The molecule has 0 radical (unpaired) electrons. The van der Waals surface area contributed by atoms with E-state index in [-0.39, 0.29) is 0 Å². The van der Waals surface area contributed by atoms with Crippen molar-refractivity contribution in [2.75, 3.05) is 0 Å². The van der Waals surface area contributed by atoms with Crippen molar-refractivity contribution < 1.29 is 0 Å². The molecular formula is C20H33+. The molecule has 2 rings (SSSR count). The molecule has 1 fully saturated rings. The molecule has 0 heterocycles. The number of rotatable bonds is 0. The zero-order valence-corrected chi connectivity index (χ0v) is 14.3. The van der Waals surface area contributed by atoms with Crippen molar-refractivity contribution in [2.45, 2.75) is 79.6 Å². The van der Waals surface area contributed by atoms with Gasteiger partial charge < -0.3 is 0 Å². The molecule has 0 aromatic carbocycles. The summed E-state index contributed by atoms with van der Waals surface area (Å²) < 4.78 is 0. The highest BCUT2D eigenvalue weighted by atomic mass is 14.5. The van der Waals surface area contributed by atoms with Crippen molar-refractivity contribution >= 4 is 0 Å². The third kappa shape index (κ3) is 3.51. The number of hydrogen-bond acceptors (Lipinski definition) is 0. The maximum atomic E-state index is 2.54. The van der Waals surface area contributed by atoms with Gasteiger partial charge >= 0.3 is 0 Å². The van der Waals surface area contributed by atoms with Gasteiger partial charge in [-0.15, -0.1) is 0 Å². The van der Waals surface area contributed by atoms with Gasteiger partial charge in [0.2, 0.25) is 0 Å². The van der Waals surface area contributed by atoms with Gasteiger partial charge in [0.15, 0.2) is 0 Å². The SMILES string of the molecule is C/C1=C\C[C@@H]2CC[C+](C)[C@@H](CC/C(C)=C/CC1)C2(C)C. The normalized spacial score (nSPS) is 37.0. The highest BCUT2D eigenvalue weighted by Crippen LogP contribution is 2.52. The van der Waals surface area contributed by atoms with Gasteiger partial charge in [-0.3, -0.25) is 0 Å². The summed E-state index contributed by atoms with van der Waals surface area (Å²) in [6.45, 7) is 12.1. The standard InChI is InChI=1S/C20H33/c1-15-7-6-8-16(2)10-14-19-17(3)11-13-18(12-9-15)20(19,4)5/h8-9,18-19H,6-7,10-14H2,1-5H3/q+1/b15-9+,16-8+/t18-,19-/m1/s1. The molecule has 0 aromatic heterocycles. The van der Waals surface area contributed by atoms with Crippen LogP contribution in [0.3, 0.4) is 0 Å². The van der Waals surface area contributed by atoms with Gasteiger partial charge in [-0.05, 0) is 58.3 Å². The average Bonchev–Trinajstić information content (AvgIpc) is 2.36. The minimum Gasteiger partial charge on any atom is -0.0853 e. The monoisotopic (exact) mass is 273 g/mol. The summed E-state index contributed by atoms with van der Waals surface area (Å²) in [5.74, 6) is 3.45. The topological polar surface area (TPSA) is 0 Å².